The van der Waals surface area contributed by atoms with Crippen molar-refractivity contribution < 1.29 is 17.7 Å². The topological polar surface area (TPSA) is 115 Å². The number of amides is 2. The third-order valence-corrected chi connectivity index (χ3v) is 9.58. The minimum Gasteiger partial charge on any atom is -0.608 e. The zero-order valence-electron chi connectivity index (χ0n) is 21.3. The first kappa shape index (κ1) is 25.2. The fraction of sp³-hybridized carbons (Fsp3) is 0.600. The fourth-order valence-electron chi connectivity index (χ4n) is 6.04. The second kappa shape index (κ2) is 9.77. The van der Waals surface area contributed by atoms with Crippen molar-refractivity contribution >= 4 is 27.6 Å². The number of quaternary nitrogens is 1. The van der Waals surface area contributed by atoms with Gasteiger partial charge in [0.2, 0.25) is 0 Å². The van der Waals surface area contributed by atoms with Crippen LogP contribution in [0.5, 0.6) is 0 Å². The Morgan fingerprint density at radius 2 is 1.75 bits per heavy atom. The standard InChI is InChI=1S/C25H36N6O4S/c1-17(2)29-12-10-20(11-13-29)30(21-15-26-28(3)16-21)36(34,35)31(33)25(32)27-24-22-8-4-6-18(22)14-19-7-5-9-23(19)24/h14-17,20,31H,4-13H2,1-3H3,(H,27,32). The summed E-state index contributed by atoms with van der Waals surface area (Å²) in [6, 6.07) is 1.08. The van der Waals surface area contributed by atoms with Crippen LogP contribution in [-0.2, 0) is 42.9 Å². The summed E-state index contributed by atoms with van der Waals surface area (Å²) >= 11 is 0. The average molecular weight is 517 g/mol. The summed E-state index contributed by atoms with van der Waals surface area (Å²) in [7, 11) is -2.92. The first-order chi connectivity index (χ1) is 17.2. The number of benzene rings is 1. The molecular weight excluding hydrogens is 480 g/mol. The molecule has 1 unspecified atom stereocenters. The number of hydrogen-bond donors (Lipinski definition) is 2. The number of aromatic nitrogens is 2. The van der Waals surface area contributed by atoms with E-state index < -0.39 is 26.8 Å². The number of rotatable bonds is 6. The highest BCUT2D eigenvalue weighted by atomic mass is 32.2. The number of likely N-dealkylation sites (tertiary alicyclic amines) is 1. The van der Waals surface area contributed by atoms with E-state index in [0.717, 1.165) is 67.0 Å². The number of carbonyl (C=O) groups excluding carboxylic acids is 1. The van der Waals surface area contributed by atoms with Gasteiger partial charge in [-0.05, 0) is 87.5 Å². The molecule has 5 rings (SSSR count). The predicted octanol–water partition coefficient (Wildman–Crippen LogP) is 1.94. The molecule has 1 fully saturated rings. The highest BCUT2D eigenvalue weighted by Crippen LogP contribution is 2.38. The van der Waals surface area contributed by atoms with Gasteiger partial charge >= 0.3 is 16.2 Å². The molecule has 1 saturated heterocycles. The van der Waals surface area contributed by atoms with Gasteiger partial charge in [-0.15, -0.1) is 0 Å². The minimum atomic E-state index is -4.62. The maximum atomic E-state index is 13.7. The molecule has 2 aromatic rings. The van der Waals surface area contributed by atoms with E-state index in [4.69, 9.17) is 0 Å². The Balaban J connectivity index is 1.42. The number of nitrogens with one attached hydrogen (secondary N) is 2. The number of carbonyl (C=O) groups is 1. The number of anilines is 2. The van der Waals surface area contributed by atoms with Crippen molar-refractivity contribution in [2.45, 2.75) is 77.3 Å². The Labute approximate surface area is 213 Å². The maximum absolute atomic E-state index is 13.7. The van der Waals surface area contributed by atoms with Crippen LogP contribution >= 0.6 is 0 Å². The van der Waals surface area contributed by atoms with Gasteiger partial charge in [0.25, 0.3) is 0 Å². The highest BCUT2D eigenvalue weighted by Gasteiger charge is 2.41. The number of fused-ring (bicyclic) bond motifs is 2. The minimum absolute atomic E-state index is 0.308. The average Bonchev–Trinajstić information content (AvgIpc) is 3.60. The van der Waals surface area contributed by atoms with Crippen molar-refractivity contribution in [1.29, 1.82) is 0 Å². The lowest BCUT2D eigenvalue weighted by Gasteiger charge is -2.40. The van der Waals surface area contributed by atoms with Crippen molar-refractivity contribution in [3.05, 3.63) is 45.9 Å². The number of nitrogens with zero attached hydrogens (tertiary/aromatic N) is 4. The van der Waals surface area contributed by atoms with E-state index >= 15 is 0 Å². The van der Waals surface area contributed by atoms with Crippen LogP contribution in [0, 0.1) is 5.21 Å². The van der Waals surface area contributed by atoms with E-state index in [9.17, 15) is 18.4 Å². The van der Waals surface area contributed by atoms with Gasteiger partial charge in [0, 0.05) is 32.4 Å². The fourth-order valence-corrected chi connectivity index (χ4v) is 7.48. The molecule has 3 aliphatic rings. The van der Waals surface area contributed by atoms with E-state index in [1.807, 2.05) is 0 Å². The Kier molecular flexibility index (Phi) is 6.84. The van der Waals surface area contributed by atoms with Crippen LogP contribution in [0.25, 0.3) is 0 Å². The van der Waals surface area contributed by atoms with Gasteiger partial charge in [-0.2, -0.15) is 18.0 Å². The van der Waals surface area contributed by atoms with Crippen LogP contribution in [-0.4, -0.2) is 54.3 Å². The lowest BCUT2D eigenvalue weighted by Crippen LogP contribution is -3.14. The molecule has 2 N–H and O–H groups in total. The normalized spacial score (nSPS) is 19.4. The largest absolute Gasteiger partial charge is 0.608 e. The van der Waals surface area contributed by atoms with Crippen LogP contribution in [0.3, 0.4) is 0 Å². The monoisotopic (exact) mass is 516 g/mol. The Morgan fingerprint density at radius 3 is 2.28 bits per heavy atom. The summed E-state index contributed by atoms with van der Waals surface area (Å²) < 4.78 is 28.7. The molecule has 11 heteroatoms. The Bertz CT molecular complexity index is 1220. The molecule has 0 spiro atoms. The van der Waals surface area contributed by atoms with Crippen molar-refractivity contribution in [1.82, 2.24) is 14.7 Å². The zero-order chi connectivity index (χ0) is 25.6. The number of piperidine rings is 1. The van der Waals surface area contributed by atoms with E-state index in [2.05, 4.69) is 35.2 Å². The van der Waals surface area contributed by atoms with Crippen LogP contribution < -0.4 is 14.1 Å². The van der Waals surface area contributed by atoms with Gasteiger partial charge in [0.05, 0.1) is 23.6 Å². The second-order valence-corrected chi connectivity index (χ2v) is 12.2. The molecule has 2 heterocycles. The number of hydroxylamine groups is 1. The van der Waals surface area contributed by atoms with Gasteiger partial charge < -0.3 is 10.1 Å². The molecule has 36 heavy (non-hydrogen) atoms. The molecule has 2 aliphatic carbocycles. The quantitative estimate of drug-likeness (QED) is 0.567. The van der Waals surface area contributed by atoms with Crippen molar-refractivity contribution in [2.24, 2.45) is 7.05 Å². The lowest BCUT2D eigenvalue weighted by atomic mass is 9.99. The van der Waals surface area contributed by atoms with Crippen molar-refractivity contribution in [3.8, 4) is 0 Å². The smallest absolute Gasteiger partial charge is 0.436 e. The van der Waals surface area contributed by atoms with Gasteiger partial charge in [0.15, 0.2) is 0 Å². The molecule has 196 valence electrons. The molecule has 1 atom stereocenters. The molecule has 10 nitrogen and oxygen atoms in total. The second-order valence-electron chi connectivity index (χ2n) is 10.5. The van der Waals surface area contributed by atoms with Gasteiger partial charge in [-0.3, -0.25) is 10.00 Å². The van der Waals surface area contributed by atoms with E-state index in [0.29, 0.717) is 30.3 Å². The zero-order valence-corrected chi connectivity index (χ0v) is 22.1. The molecule has 0 radical (unpaired) electrons. The molecule has 1 aliphatic heterocycles. The summed E-state index contributed by atoms with van der Waals surface area (Å²) in [5.74, 6) is 0. The summed E-state index contributed by atoms with van der Waals surface area (Å²) in [5, 5.41) is 20.2. The number of aryl methyl sites for hydroxylation is 3. The highest BCUT2D eigenvalue weighted by molar-refractivity contribution is 7.86. The maximum Gasteiger partial charge on any atom is 0.436 e. The summed E-state index contributed by atoms with van der Waals surface area (Å²) in [6.07, 6.45) is 9.70. The summed E-state index contributed by atoms with van der Waals surface area (Å²) in [4.78, 5) is 15.5. The molecule has 0 saturated carbocycles. The third-order valence-electron chi connectivity index (χ3n) is 7.90. The van der Waals surface area contributed by atoms with Crippen LogP contribution in [0.4, 0.5) is 16.2 Å². The Morgan fingerprint density at radius 1 is 1.14 bits per heavy atom. The predicted molar refractivity (Wildman–Crippen MR) is 138 cm³/mol. The number of hydrogen-bond acceptors (Lipinski definition) is 6. The SMILES string of the molecule is CC(C)N1CCC(N(c2cnn(C)c2)S(=O)(=O)[NH+]([O-])C(=O)Nc2c3c(cc4c2CCC4)CCC3)CC1. The molecule has 2 amide bonds. The van der Waals surface area contributed by atoms with Gasteiger partial charge in [0.1, 0.15) is 0 Å². The Hall–Kier alpha value is -2.47. The molecule has 1 aromatic carbocycles. The number of urea groups is 1. The third kappa shape index (κ3) is 4.53. The van der Waals surface area contributed by atoms with E-state index in [-0.39, 0.29) is 0 Å². The van der Waals surface area contributed by atoms with Gasteiger partial charge in [-0.1, -0.05) is 6.07 Å². The van der Waals surface area contributed by atoms with Gasteiger partial charge in [-0.25, -0.2) is 9.10 Å². The van der Waals surface area contributed by atoms with Crippen LogP contribution in [0.15, 0.2) is 18.5 Å². The van der Waals surface area contributed by atoms with Crippen LogP contribution in [0.2, 0.25) is 0 Å². The lowest BCUT2D eigenvalue weighted by molar-refractivity contribution is -0.604. The first-order valence-electron chi connectivity index (χ1n) is 13.0. The first-order valence-corrected chi connectivity index (χ1v) is 14.4. The van der Waals surface area contributed by atoms with Crippen molar-refractivity contribution in [2.75, 3.05) is 22.7 Å². The van der Waals surface area contributed by atoms with Crippen molar-refractivity contribution in [3.63, 3.8) is 0 Å². The molecule has 1 aromatic heterocycles. The van der Waals surface area contributed by atoms with Crippen LogP contribution in [0.1, 0.15) is 61.8 Å². The molecule has 0 bridgehead atoms. The van der Waals surface area contributed by atoms with E-state index in [1.54, 1.807) is 13.2 Å². The summed E-state index contributed by atoms with van der Waals surface area (Å²) in [6.45, 7) is 5.66. The van der Waals surface area contributed by atoms with E-state index in [1.165, 1.54) is 22.0 Å². The molecular formula is C25H36N6O4S. The summed E-state index contributed by atoms with van der Waals surface area (Å²) in [5.41, 5.74) is 5.50.